The summed E-state index contributed by atoms with van der Waals surface area (Å²) in [6.07, 6.45) is 8.33. The number of nitrogens with one attached hydrogen (secondary N) is 1. The highest BCUT2D eigenvalue weighted by molar-refractivity contribution is 8.07. The number of rotatable bonds is 7. The standard InChI is InChI=1S/C24H27F3N4O2S/c25-24(26,27)19-5-10-28-14-18(19)23(33)31-11-6-16(7-12-31)3-1-2-8-30-22(32)20-13-17-4-9-29-15-21(17)34-20/h5,9-10,13-17H,1-4,6-8,11-12H2,(H,30,32). The number of carbonyl (C=O) groups is 2. The number of pyridine rings is 1. The topological polar surface area (TPSA) is 74.7 Å². The molecule has 0 saturated carbocycles. The second-order valence-electron chi connectivity index (χ2n) is 8.74. The number of carbonyl (C=O) groups excluding carboxylic acids is 2. The summed E-state index contributed by atoms with van der Waals surface area (Å²) < 4.78 is 39.6. The molecule has 0 radical (unpaired) electrons. The SMILES string of the molecule is O=C(NCCCCC1CCN(C(=O)c2cnccc2C(F)(F)F)CC1)C1=CC2CC=NC=C2S1. The van der Waals surface area contributed by atoms with E-state index in [1.54, 1.807) is 0 Å². The van der Waals surface area contributed by atoms with Gasteiger partial charge in [0, 0.05) is 55.3 Å². The molecule has 1 aromatic rings. The van der Waals surface area contributed by atoms with Crippen molar-refractivity contribution in [2.45, 2.75) is 44.7 Å². The minimum atomic E-state index is -4.58. The summed E-state index contributed by atoms with van der Waals surface area (Å²) in [6, 6.07) is 0.847. The predicted octanol–water partition coefficient (Wildman–Crippen LogP) is 4.80. The minimum Gasteiger partial charge on any atom is -0.352 e. The number of nitrogens with zero attached hydrogens (tertiary/aromatic N) is 3. The van der Waals surface area contributed by atoms with E-state index in [2.05, 4.69) is 15.3 Å². The van der Waals surface area contributed by atoms with Crippen LogP contribution >= 0.6 is 11.8 Å². The first-order chi connectivity index (χ1) is 16.3. The van der Waals surface area contributed by atoms with Gasteiger partial charge in [-0.3, -0.25) is 19.6 Å². The van der Waals surface area contributed by atoms with Crippen LogP contribution in [0.3, 0.4) is 0 Å². The van der Waals surface area contributed by atoms with E-state index in [-0.39, 0.29) is 17.4 Å². The molecular formula is C24H27F3N4O2S. The molecule has 0 spiro atoms. The summed E-state index contributed by atoms with van der Waals surface area (Å²) >= 11 is 1.49. The first-order valence-corrected chi connectivity index (χ1v) is 12.3. The van der Waals surface area contributed by atoms with Crippen LogP contribution in [0.1, 0.15) is 54.4 Å². The molecule has 1 unspecified atom stereocenters. The molecule has 0 aliphatic carbocycles. The second kappa shape index (κ2) is 10.8. The molecule has 6 nitrogen and oxygen atoms in total. The molecule has 3 aliphatic heterocycles. The van der Waals surface area contributed by atoms with Gasteiger partial charge in [0.1, 0.15) is 0 Å². The van der Waals surface area contributed by atoms with Crippen molar-refractivity contribution in [3.8, 4) is 0 Å². The molecular weight excluding hydrogens is 465 g/mol. The highest BCUT2D eigenvalue weighted by atomic mass is 32.2. The summed E-state index contributed by atoms with van der Waals surface area (Å²) in [5, 5.41) is 2.98. The highest BCUT2D eigenvalue weighted by Gasteiger charge is 2.37. The van der Waals surface area contributed by atoms with Crippen molar-refractivity contribution >= 4 is 29.8 Å². The molecule has 4 heterocycles. The molecule has 1 saturated heterocycles. The van der Waals surface area contributed by atoms with Crippen LogP contribution in [0.4, 0.5) is 13.2 Å². The summed E-state index contributed by atoms with van der Waals surface area (Å²) in [6.45, 7) is 1.49. The quantitative estimate of drug-likeness (QED) is 0.555. The molecule has 1 aromatic heterocycles. The lowest BCUT2D eigenvalue weighted by Crippen LogP contribution is -2.39. The van der Waals surface area contributed by atoms with Crippen molar-refractivity contribution in [2.24, 2.45) is 16.8 Å². The van der Waals surface area contributed by atoms with Gasteiger partial charge in [-0.15, -0.1) is 0 Å². The van der Waals surface area contributed by atoms with Crippen molar-refractivity contribution in [2.75, 3.05) is 19.6 Å². The average molecular weight is 493 g/mol. The van der Waals surface area contributed by atoms with E-state index in [0.717, 1.165) is 66.8 Å². The smallest absolute Gasteiger partial charge is 0.352 e. The fraction of sp³-hybridized carbons (Fsp3) is 0.500. The highest BCUT2D eigenvalue weighted by Crippen LogP contribution is 2.42. The fourth-order valence-electron chi connectivity index (χ4n) is 4.48. The van der Waals surface area contributed by atoms with Gasteiger partial charge in [0.05, 0.1) is 16.0 Å². The minimum absolute atomic E-state index is 0.0410. The zero-order chi connectivity index (χ0) is 24.1. The Hall–Kier alpha value is -2.62. The molecule has 182 valence electrons. The maximum Gasteiger partial charge on any atom is 0.417 e. The Morgan fingerprint density at radius 1 is 1.21 bits per heavy atom. The number of piperidine rings is 1. The first-order valence-electron chi connectivity index (χ1n) is 11.5. The molecule has 10 heteroatoms. The Bertz CT molecular complexity index is 1010. The molecule has 1 N–H and O–H groups in total. The Labute approximate surface area is 200 Å². The van der Waals surface area contributed by atoms with Gasteiger partial charge in [0.15, 0.2) is 0 Å². The molecule has 4 rings (SSSR count). The van der Waals surface area contributed by atoms with E-state index in [0.29, 0.717) is 25.6 Å². The second-order valence-corrected chi connectivity index (χ2v) is 9.86. The van der Waals surface area contributed by atoms with Gasteiger partial charge in [-0.25, -0.2) is 0 Å². The molecule has 3 aliphatic rings. The molecule has 2 amide bonds. The van der Waals surface area contributed by atoms with Crippen LogP contribution in [-0.4, -0.2) is 47.5 Å². The zero-order valence-corrected chi connectivity index (χ0v) is 19.5. The third kappa shape index (κ3) is 5.89. The number of alkyl halides is 3. The lowest BCUT2D eigenvalue weighted by Gasteiger charge is -2.32. The normalized spacial score (nSPS) is 20.6. The number of amides is 2. The number of aliphatic imine (C=N–C) groups is 1. The zero-order valence-electron chi connectivity index (χ0n) is 18.7. The predicted molar refractivity (Wildman–Crippen MR) is 125 cm³/mol. The maximum atomic E-state index is 13.2. The van der Waals surface area contributed by atoms with E-state index in [1.165, 1.54) is 16.7 Å². The summed E-state index contributed by atoms with van der Waals surface area (Å²) in [4.78, 5) is 36.2. The number of fused-ring (bicyclic) bond motifs is 1. The average Bonchev–Trinajstić information content (AvgIpc) is 3.28. The van der Waals surface area contributed by atoms with Gasteiger partial charge in [0.2, 0.25) is 0 Å². The van der Waals surface area contributed by atoms with Crippen LogP contribution in [-0.2, 0) is 11.0 Å². The van der Waals surface area contributed by atoms with Gasteiger partial charge >= 0.3 is 6.18 Å². The summed E-state index contributed by atoms with van der Waals surface area (Å²) in [5.41, 5.74) is -1.32. The van der Waals surface area contributed by atoms with Crippen molar-refractivity contribution in [1.29, 1.82) is 0 Å². The van der Waals surface area contributed by atoms with Crippen LogP contribution < -0.4 is 5.32 Å². The van der Waals surface area contributed by atoms with E-state index in [1.807, 2.05) is 18.5 Å². The fourth-order valence-corrected chi connectivity index (χ4v) is 5.56. The lowest BCUT2D eigenvalue weighted by molar-refractivity contribution is -0.138. The molecule has 1 fully saturated rings. The molecule has 0 aromatic carbocycles. The Morgan fingerprint density at radius 3 is 2.74 bits per heavy atom. The van der Waals surface area contributed by atoms with Crippen LogP contribution in [0, 0.1) is 11.8 Å². The van der Waals surface area contributed by atoms with E-state index < -0.39 is 17.6 Å². The Morgan fingerprint density at radius 2 is 2.00 bits per heavy atom. The van der Waals surface area contributed by atoms with Crippen molar-refractivity contribution < 1.29 is 22.8 Å². The van der Waals surface area contributed by atoms with Gasteiger partial charge in [-0.1, -0.05) is 30.7 Å². The van der Waals surface area contributed by atoms with E-state index in [4.69, 9.17) is 0 Å². The van der Waals surface area contributed by atoms with Crippen LogP contribution in [0.5, 0.6) is 0 Å². The first kappa shape index (κ1) is 24.5. The third-order valence-electron chi connectivity index (χ3n) is 6.42. The molecule has 1 atom stereocenters. The number of allylic oxidation sites excluding steroid dienone is 2. The van der Waals surface area contributed by atoms with E-state index in [9.17, 15) is 22.8 Å². The van der Waals surface area contributed by atoms with Crippen LogP contribution in [0.15, 0.2) is 45.5 Å². The maximum absolute atomic E-state index is 13.2. The Balaban J connectivity index is 1.15. The number of aromatic nitrogens is 1. The lowest BCUT2D eigenvalue weighted by atomic mass is 9.91. The summed E-state index contributed by atoms with van der Waals surface area (Å²) in [7, 11) is 0. The van der Waals surface area contributed by atoms with Gasteiger partial charge < -0.3 is 10.2 Å². The van der Waals surface area contributed by atoms with Crippen LogP contribution in [0.2, 0.25) is 0 Å². The van der Waals surface area contributed by atoms with Gasteiger partial charge in [-0.05, 0) is 37.7 Å². The van der Waals surface area contributed by atoms with E-state index >= 15 is 0 Å². The van der Waals surface area contributed by atoms with Gasteiger partial charge in [0.25, 0.3) is 11.8 Å². The number of thioether (sulfide) groups is 1. The largest absolute Gasteiger partial charge is 0.417 e. The monoisotopic (exact) mass is 492 g/mol. The number of halogens is 3. The Kier molecular flexibility index (Phi) is 7.75. The van der Waals surface area contributed by atoms with Crippen molar-refractivity contribution in [3.05, 3.63) is 51.7 Å². The third-order valence-corrected chi connectivity index (χ3v) is 7.60. The summed E-state index contributed by atoms with van der Waals surface area (Å²) in [5.74, 6) is 0.0571. The number of hydrogen-bond acceptors (Lipinski definition) is 5. The molecule has 0 bridgehead atoms. The van der Waals surface area contributed by atoms with Gasteiger partial charge in [-0.2, -0.15) is 13.2 Å². The van der Waals surface area contributed by atoms with Crippen molar-refractivity contribution in [3.63, 3.8) is 0 Å². The number of likely N-dealkylation sites (tertiary alicyclic amines) is 1. The molecule has 34 heavy (non-hydrogen) atoms. The van der Waals surface area contributed by atoms with Crippen LogP contribution in [0.25, 0.3) is 0 Å². The number of unbranched alkanes of at least 4 members (excludes halogenated alkanes) is 1. The van der Waals surface area contributed by atoms with Crippen molar-refractivity contribution in [1.82, 2.24) is 15.2 Å². The number of hydrogen-bond donors (Lipinski definition) is 1.